The first kappa shape index (κ1) is 16.1. The lowest BCUT2D eigenvalue weighted by Gasteiger charge is -2.21. The molecule has 2 aromatic rings. The number of aryl methyl sites for hydroxylation is 1. The van der Waals surface area contributed by atoms with Gasteiger partial charge in [0.05, 0.1) is 5.69 Å². The number of nitrogens with one attached hydrogen (secondary N) is 2. The Hall–Kier alpha value is -2.31. The van der Waals surface area contributed by atoms with Crippen molar-refractivity contribution in [2.24, 2.45) is 0 Å². The molecule has 0 saturated heterocycles. The van der Waals surface area contributed by atoms with Crippen LogP contribution >= 0.6 is 0 Å². The van der Waals surface area contributed by atoms with Gasteiger partial charge < -0.3 is 10.6 Å². The molecule has 7 heteroatoms. The molecule has 22 heavy (non-hydrogen) atoms. The molecule has 0 saturated carbocycles. The van der Waals surface area contributed by atoms with Crippen molar-refractivity contribution in [1.82, 2.24) is 9.97 Å². The lowest BCUT2D eigenvalue weighted by molar-refractivity contribution is 0.449. The predicted octanol–water partition coefficient (Wildman–Crippen LogP) is 4.16. The predicted molar refractivity (Wildman–Crippen MR) is 79.7 cm³/mol. The van der Waals surface area contributed by atoms with Gasteiger partial charge in [0.25, 0.3) is 0 Å². The van der Waals surface area contributed by atoms with E-state index < -0.39 is 17.5 Å². The third kappa shape index (κ3) is 3.87. The highest BCUT2D eigenvalue weighted by atomic mass is 19.2. The molecule has 0 unspecified atom stereocenters. The summed E-state index contributed by atoms with van der Waals surface area (Å²) in [5.74, 6) is -3.45. The van der Waals surface area contributed by atoms with Gasteiger partial charge in [-0.25, -0.2) is 18.2 Å². The number of nitrogens with zero attached hydrogens (tertiary/aromatic N) is 2. The SMILES string of the molecule is Cc1cc(NC(C)(C)C)nc(Nc2ccc(F)c(F)c2F)n1. The van der Waals surface area contributed by atoms with Crippen LogP contribution in [-0.2, 0) is 0 Å². The summed E-state index contributed by atoms with van der Waals surface area (Å²) in [6.45, 7) is 7.65. The summed E-state index contributed by atoms with van der Waals surface area (Å²) in [4.78, 5) is 8.30. The van der Waals surface area contributed by atoms with Crippen molar-refractivity contribution in [3.63, 3.8) is 0 Å². The third-order valence-electron chi connectivity index (χ3n) is 2.64. The Morgan fingerprint density at radius 2 is 1.68 bits per heavy atom. The molecule has 0 aliphatic heterocycles. The van der Waals surface area contributed by atoms with E-state index in [4.69, 9.17) is 0 Å². The lowest BCUT2D eigenvalue weighted by Crippen LogP contribution is -2.27. The second-order valence-corrected chi connectivity index (χ2v) is 5.94. The minimum Gasteiger partial charge on any atom is -0.365 e. The molecule has 2 N–H and O–H groups in total. The highest BCUT2D eigenvalue weighted by Gasteiger charge is 2.15. The molecule has 118 valence electrons. The number of halogens is 3. The second-order valence-electron chi connectivity index (χ2n) is 5.94. The van der Waals surface area contributed by atoms with Crippen LogP contribution in [0.25, 0.3) is 0 Å². The van der Waals surface area contributed by atoms with E-state index in [-0.39, 0.29) is 17.2 Å². The fourth-order valence-corrected chi connectivity index (χ4v) is 1.82. The van der Waals surface area contributed by atoms with Crippen LogP contribution in [0.3, 0.4) is 0 Å². The Kier molecular flexibility index (Phi) is 4.25. The van der Waals surface area contributed by atoms with Crippen LogP contribution < -0.4 is 10.6 Å². The Balaban J connectivity index is 2.32. The molecule has 0 aliphatic carbocycles. The fraction of sp³-hybridized carbons (Fsp3) is 0.333. The molecule has 0 aliphatic rings. The maximum Gasteiger partial charge on any atom is 0.229 e. The first-order chi connectivity index (χ1) is 10.2. The summed E-state index contributed by atoms with van der Waals surface area (Å²) in [6.07, 6.45) is 0. The van der Waals surface area contributed by atoms with Gasteiger partial charge in [0.2, 0.25) is 5.95 Å². The van der Waals surface area contributed by atoms with Crippen LogP contribution in [0.1, 0.15) is 26.5 Å². The van der Waals surface area contributed by atoms with Gasteiger partial charge in [0.15, 0.2) is 17.5 Å². The molecule has 2 rings (SSSR count). The van der Waals surface area contributed by atoms with Crippen molar-refractivity contribution < 1.29 is 13.2 Å². The number of anilines is 3. The zero-order valence-electron chi connectivity index (χ0n) is 12.8. The Bertz CT molecular complexity index is 696. The average Bonchev–Trinajstić information content (AvgIpc) is 2.37. The van der Waals surface area contributed by atoms with Gasteiger partial charge in [-0.05, 0) is 39.8 Å². The molecular formula is C15H17F3N4. The largest absolute Gasteiger partial charge is 0.365 e. The molecule has 0 atom stereocenters. The monoisotopic (exact) mass is 310 g/mol. The van der Waals surface area contributed by atoms with E-state index in [1.54, 1.807) is 13.0 Å². The summed E-state index contributed by atoms with van der Waals surface area (Å²) in [7, 11) is 0. The standard InChI is InChI=1S/C15H17F3N4/c1-8-7-11(22-15(2,3)4)21-14(19-8)20-10-6-5-9(16)12(17)13(10)18/h5-7H,1-4H3,(H2,19,20,21,22). The second kappa shape index (κ2) is 5.82. The van der Waals surface area contributed by atoms with Gasteiger partial charge in [0, 0.05) is 17.3 Å². The van der Waals surface area contributed by atoms with Crippen molar-refractivity contribution in [2.45, 2.75) is 33.2 Å². The van der Waals surface area contributed by atoms with Gasteiger partial charge in [-0.15, -0.1) is 0 Å². The molecule has 0 amide bonds. The van der Waals surface area contributed by atoms with E-state index in [1.165, 1.54) is 0 Å². The van der Waals surface area contributed by atoms with Gasteiger partial charge in [0.1, 0.15) is 5.82 Å². The first-order valence-electron chi connectivity index (χ1n) is 6.70. The van der Waals surface area contributed by atoms with E-state index in [2.05, 4.69) is 20.6 Å². The van der Waals surface area contributed by atoms with Gasteiger partial charge in [-0.1, -0.05) is 0 Å². The normalized spacial score (nSPS) is 11.4. The highest BCUT2D eigenvalue weighted by molar-refractivity contribution is 5.56. The number of benzene rings is 1. The van der Waals surface area contributed by atoms with Crippen molar-refractivity contribution in [2.75, 3.05) is 10.6 Å². The molecule has 4 nitrogen and oxygen atoms in total. The first-order valence-corrected chi connectivity index (χ1v) is 6.70. The van der Waals surface area contributed by atoms with Gasteiger partial charge in [-0.3, -0.25) is 0 Å². The van der Waals surface area contributed by atoms with Crippen LogP contribution in [0.15, 0.2) is 18.2 Å². The number of hydrogen-bond donors (Lipinski definition) is 2. The molecule has 1 heterocycles. The number of aromatic nitrogens is 2. The molecule has 1 aromatic heterocycles. The Labute approximate surface area is 126 Å². The summed E-state index contributed by atoms with van der Waals surface area (Å²) in [5.41, 5.74) is 0.198. The number of hydrogen-bond acceptors (Lipinski definition) is 4. The summed E-state index contributed by atoms with van der Waals surface area (Å²) in [6, 6.07) is 3.67. The average molecular weight is 310 g/mol. The van der Waals surface area contributed by atoms with Gasteiger partial charge >= 0.3 is 0 Å². The summed E-state index contributed by atoms with van der Waals surface area (Å²) >= 11 is 0. The van der Waals surface area contributed by atoms with Crippen LogP contribution in [0.5, 0.6) is 0 Å². The van der Waals surface area contributed by atoms with Crippen molar-refractivity contribution in [1.29, 1.82) is 0 Å². The topological polar surface area (TPSA) is 49.8 Å². The summed E-state index contributed by atoms with van der Waals surface area (Å²) in [5, 5.41) is 5.73. The van der Waals surface area contributed by atoms with Crippen LogP contribution in [0.2, 0.25) is 0 Å². The molecule has 0 fully saturated rings. The molecule has 0 radical (unpaired) electrons. The van der Waals surface area contributed by atoms with Crippen molar-refractivity contribution in [3.05, 3.63) is 41.3 Å². The third-order valence-corrected chi connectivity index (χ3v) is 2.64. The van der Waals surface area contributed by atoms with E-state index in [0.717, 1.165) is 12.1 Å². The maximum atomic E-state index is 13.7. The van der Waals surface area contributed by atoms with E-state index in [9.17, 15) is 13.2 Å². The van der Waals surface area contributed by atoms with E-state index in [1.807, 2.05) is 20.8 Å². The zero-order valence-corrected chi connectivity index (χ0v) is 12.8. The Morgan fingerprint density at radius 3 is 2.32 bits per heavy atom. The van der Waals surface area contributed by atoms with E-state index in [0.29, 0.717) is 11.5 Å². The zero-order chi connectivity index (χ0) is 16.5. The molecule has 0 spiro atoms. The van der Waals surface area contributed by atoms with Crippen LogP contribution in [-0.4, -0.2) is 15.5 Å². The van der Waals surface area contributed by atoms with Crippen LogP contribution in [0, 0.1) is 24.4 Å². The minimum atomic E-state index is -1.54. The van der Waals surface area contributed by atoms with Crippen LogP contribution in [0.4, 0.5) is 30.6 Å². The number of rotatable bonds is 3. The van der Waals surface area contributed by atoms with E-state index >= 15 is 0 Å². The Morgan fingerprint density at radius 1 is 1.00 bits per heavy atom. The van der Waals surface area contributed by atoms with Crippen molar-refractivity contribution >= 4 is 17.5 Å². The lowest BCUT2D eigenvalue weighted by atomic mass is 10.1. The van der Waals surface area contributed by atoms with Crippen molar-refractivity contribution in [3.8, 4) is 0 Å². The quantitative estimate of drug-likeness (QED) is 0.836. The molecular weight excluding hydrogens is 293 g/mol. The summed E-state index contributed by atoms with van der Waals surface area (Å²) < 4.78 is 39.8. The smallest absolute Gasteiger partial charge is 0.229 e. The van der Waals surface area contributed by atoms with Gasteiger partial charge in [-0.2, -0.15) is 4.98 Å². The molecule has 0 bridgehead atoms. The minimum absolute atomic E-state index is 0.0941. The fourth-order valence-electron chi connectivity index (χ4n) is 1.82. The highest BCUT2D eigenvalue weighted by Crippen LogP contribution is 2.23. The maximum absolute atomic E-state index is 13.7. The molecule has 1 aromatic carbocycles.